The van der Waals surface area contributed by atoms with Gasteiger partial charge in [-0.05, 0) is 30.3 Å². The summed E-state index contributed by atoms with van der Waals surface area (Å²) in [7, 11) is 1.76. The maximum atomic E-state index is 5.77. The topological polar surface area (TPSA) is 74.2 Å². The summed E-state index contributed by atoms with van der Waals surface area (Å²) in [5.74, 6) is 3.29. The Bertz CT molecular complexity index is 885. The molecule has 1 aromatic carbocycles. The van der Waals surface area contributed by atoms with E-state index in [2.05, 4.69) is 49.5 Å². The standard InChI is InChI=1S/C23H32N6O2.HI/c1-3-28-9-11-29(12-10-28)22-8-5-18(16-25-22)17-26-23(24-2)27-19-6-7-20-21(15-19)31-14-4-13-30-20;/h5-8,15-16H,3-4,9-14,17H2,1-2H3,(H2,24,26,27);1H. The molecule has 1 aromatic heterocycles. The number of pyridine rings is 1. The Labute approximate surface area is 207 Å². The first-order valence-electron chi connectivity index (χ1n) is 11.0. The Morgan fingerprint density at radius 3 is 2.53 bits per heavy atom. The molecule has 8 nitrogen and oxygen atoms in total. The van der Waals surface area contributed by atoms with Gasteiger partial charge >= 0.3 is 0 Å². The van der Waals surface area contributed by atoms with Gasteiger partial charge in [0.1, 0.15) is 5.82 Å². The van der Waals surface area contributed by atoms with Gasteiger partial charge in [-0.15, -0.1) is 24.0 Å². The minimum absolute atomic E-state index is 0. The molecule has 1 saturated heterocycles. The fraction of sp³-hybridized carbons (Fsp3) is 0.478. The molecule has 2 aliphatic heterocycles. The van der Waals surface area contributed by atoms with Gasteiger partial charge in [0.15, 0.2) is 17.5 Å². The molecule has 0 saturated carbocycles. The van der Waals surface area contributed by atoms with Crippen molar-refractivity contribution in [3.63, 3.8) is 0 Å². The molecule has 0 spiro atoms. The molecular formula is C23H33IN6O2. The van der Waals surface area contributed by atoms with Crippen LogP contribution in [0.4, 0.5) is 11.5 Å². The minimum Gasteiger partial charge on any atom is -0.490 e. The number of aromatic nitrogens is 1. The average molecular weight is 552 g/mol. The van der Waals surface area contributed by atoms with Crippen LogP contribution in [0.1, 0.15) is 18.9 Å². The first-order chi connectivity index (χ1) is 15.2. The Kier molecular flexibility index (Phi) is 9.22. The predicted molar refractivity (Wildman–Crippen MR) is 140 cm³/mol. The molecule has 2 N–H and O–H groups in total. The molecule has 9 heteroatoms. The number of nitrogens with zero attached hydrogens (tertiary/aromatic N) is 4. The highest BCUT2D eigenvalue weighted by molar-refractivity contribution is 14.0. The van der Waals surface area contributed by atoms with E-state index in [9.17, 15) is 0 Å². The molecule has 0 unspecified atom stereocenters. The van der Waals surface area contributed by atoms with Crippen LogP contribution in [-0.2, 0) is 6.54 Å². The van der Waals surface area contributed by atoms with Crippen molar-refractivity contribution in [2.45, 2.75) is 19.9 Å². The Morgan fingerprint density at radius 2 is 1.84 bits per heavy atom. The third kappa shape index (κ3) is 6.38. The molecule has 0 radical (unpaired) electrons. The monoisotopic (exact) mass is 552 g/mol. The van der Waals surface area contributed by atoms with Crippen LogP contribution in [0, 0.1) is 0 Å². The Hall–Kier alpha value is -2.27. The SMILES string of the molecule is CCN1CCN(c2ccc(CNC(=NC)Nc3ccc4c(c3)OCCCO4)cn2)CC1.I. The first kappa shape index (κ1) is 24.4. The quantitative estimate of drug-likeness (QED) is 0.336. The lowest BCUT2D eigenvalue weighted by Gasteiger charge is -2.34. The van der Waals surface area contributed by atoms with Crippen molar-refractivity contribution in [1.82, 2.24) is 15.2 Å². The van der Waals surface area contributed by atoms with Crippen LogP contribution >= 0.6 is 24.0 Å². The second-order valence-electron chi connectivity index (χ2n) is 7.71. The lowest BCUT2D eigenvalue weighted by atomic mass is 10.2. The number of anilines is 2. The second kappa shape index (κ2) is 12.1. The summed E-state index contributed by atoms with van der Waals surface area (Å²) >= 11 is 0. The zero-order valence-corrected chi connectivity index (χ0v) is 21.2. The number of nitrogens with one attached hydrogen (secondary N) is 2. The van der Waals surface area contributed by atoms with Gasteiger partial charge in [-0.25, -0.2) is 4.98 Å². The van der Waals surface area contributed by atoms with Crippen LogP contribution in [0.5, 0.6) is 11.5 Å². The number of hydrogen-bond donors (Lipinski definition) is 2. The Balaban J connectivity index is 0.00000289. The van der Waals surface area contributed by atoms with Crippen molar-refractivity contribution in [2.75, 3.05) is 63.2 Å². The van der Waals surface area contributed by atoms with Crippen LogP contribution in [0.3, 0.4) is 0 Å². The fourth-order valence-corrected chi connectivity index (χ4v) is 3.74. The highest BCUT2D eigenvalue weighted by Crippen LogP contribution is 2.32. The van der Waals surface area contributed by atoms with E-state index in [4.69, 9.17) is 9.47 Å². The highest BCUT2D eigenvalue weighted by atomic mass is 127. The number of benzene rings is 1. The van der Waals surface area contributed by atoms with Crippen molar-refractivity contribution in [3.8, 4) is 11.5 Å². The molecule has 0 aliphatic carbocycles. The summed E-state index contributed by atoms with van der Waals surface area (Å²) in [5.41, 5.74) is 2.01. The van der Waals surface area contributed by atoms with E-state index in [-0.39, 0.29) is 24.0 Å². The zero-order chi connectivity index (χ0) is 21.5. The number of hydrogen-bond acceptors (Lipinski definition) is 6. The van der Waals surface area contributed by atoms with Gasteiger partial charge in [0.25, 0.3) is 0 Å². The molecule has 1 fully saturated rings. The molecule has 174 valence electrons. The summed E-state index contributed by atoms with van der Waals surface area (Å²) in [6.07, 6.45) is 2.83. The molecule has 0 atom stereocenters. The van der Waals surface area contributed by atoms with E-state index < -0.39 is 0 Å². The summed E-state index contributed by atoms with van der Waals surface area (Å²) in [4.78, 5) is 13.8. The predicted octanol–water partition coefficient (Wildman–Crippen LogP) is 3.19. The molecular weight excluding hydrogens is 519 g/mol. The van der Waals surface area contributed by atoms with Crippen LogP contribution in [0.15, 0.2) is 41.5 Å². The van der Waals surface area contributed by atoms with Crippen LogP contribution in [0.25, 0.3) is 0 Å². The van der Waals surface area contributed by atoms with E-state index in [1.165, 1.54) is 0 Å². The number of guanidine groups is 1. The van der Waals surface area contributed by atoms with Gasteiger partial charge in [-0.3, -0.25) is 4.99 Å². The largest absolute Gasteiger partial charge is 0.490 e. The molecule has 0 bridgehead atoms. The number of likely N-dealkylation sites (N-methyl/N-ethyl adjacent to an activating group) is 1. The third-order valence-corrected chi connectivity index (χ3v) is 5.65. The summed E-state index contributed by atoms with van der Waals surface area (Å²) < 4.78 is 11.5. The summed E-state index contributed by atoms with van der Waals surface area (Å²) in [6.45, 7) is 9.59. The molecule has 3 heterocycles. The van der Waals surface area contributed by atoms with Gasteiger partial charge in [0.2, 0.25) is 0 Å². The summed E-state index contributed by atoms with van der Waals surface area (Å²) in [5, 5.41) is 6.66. The van der Waals surface area contributed by atoms with Crippen molar-refractivity contribution in [1.29, 1.82) is 0 Å². The summed E-state index contributed by atoms with van der Waals surface area (Å²) in [6, 6.07) is 10.1. The van der Waals surface area contributed by atoms with Crippen molar-refractivity contribution in [2.24, 2.45) is 4.99 Å². The van der Waals surface area contributed by atoms with Gasteiger partial charge < -0.3 is 29.9 Å². The van der Waals surface area contributed by atoms with E-state index in [0.717, 1.165) is 67.7 Å². The van der Waals surface area contributed by atoms with E-state index in [0.29, 0.717) is 25.7 Å². The third-order valence-electron chi connectivity index (χ3n) is 5.65. The van der Waals surface area contributed by atoms with Gasteiger partial charge in [0, 0.05) is 64.1 Å². The number of fused-ring (bicyclic) bond motifs is 1. The normalized spacial score (nSPS) is 16.7. The number of piperazine rings is 1. The number of halogens is 1. The highest BCUT2D eigenvalue weighted by Gasteiger charge is 2.16. The fourth-order valence-electron chi connectivity index (χ4n) is 3.74. The van der Waals surface area contributed by atoms with Crippen LogP contribution < -0.4 is 25.0 Å². The molecule has 2 aromatic rings. The lowest BCUT2D eigenvalue weighted by molar-refractivity contribution is 0.270. The number of aliphatic imine (C=N–C) groups is 1. The van der Waals surface area contributed by atoms with E-state index >= 15 is 0 Å². The molecule has 32 heavy (non-hydrogen) atoms. The maximum Gasteiger partial charge on any atom is 0.195 e. The minimum atomic E-state index is 0. The second-order valence-corrected chi connectivity index (χ2v) is 7.71. The van der Waals surface area contributed by atoms with Gasteiger partial charge in [-0.1, -0.05) is 13.0 Å². The van der Waals surface area contributed by atoms with Crippen molar-refractivity contribution < 1.29 is 9.47 Å². The smallest absolute Gasteiger partial charge is 0.195 e. The van der Waals surface area contributed by atoms with Gasteiger partial charge in [0.05, 0.1) is 13.2 Å². The zero-order valence-electron chi connectivity index (χ0n) is 18.8. The maximum absolute atomic E-state index is 5.77. The molecule has 4 rings (SSSR count). The number of rotatable bonds is 5. The van der Waals surface area contributed by atoms with Crippen molar-refractivity contribution >= 4 is 41.4 Å². The number of ether oxygens (including phenoxy) is 2. The van der Waals surface area contributed by atoms with Crippen LogP contribution in [0.2, 0.25) is 0 Å². The van der Waals surface area contributed by atoms with E-state index in [1.54, 1.807) is 7.05 Å². The average Bonchev–Trinajstić information content (AvgIpc) is 3.07. The lowest BCUT2D eigenvalue weighted by Crippen LogP contribution is -2.46. The van der Waals surface area contributed by atoms with Gasteiger partial charge in [-0.2, -0.15) is 0 Å². The molecule has 2 aliphatic rings. The van der Waals surface area contributed by atoms with E-state index in [1.807, 2.05) is 24.4 Å². The first-order valence-corrected chi connectivity index (χ1v) is 11.0. The Morgan fingerprint density at radius 1 is 1.06 bits per heavy atom. The van der Waals surface area contributed by atoms with Crippen molar-refractivity contribution in [3.05, 3.63) is 42.1 Å². The molecule has 0 amide bonds. The van der Waals surface area contributed by atoms with Crippen LogP contribution in [-0.4, -0.2) is 68.8 Å².